The summed E-state index contributed by atoms with van der Waals surface area (Å²) in [4.78, 5) is 28.9. The van der Waals surface area contributed by atoms with Crippen molar-refractivity contribution in [1.29, 1.82) is 0 Å². The molecule has 0 saturated carbocycles. The number of carboxylic acids is 1. The Bertz CT molecular complexity index is 965. The van der Waals surface area contributed by atoms with Gasteiger partial charge in [-0.15, -0.1) is 22.7 Å². The highest BCUT2D eigenvalue weighted by Gasteiger charge is 2.13. The zero-order chi connectivity index (χ0) is 19.9. The lowest BCUT2D eigenvalue weighted by molar-refractivity contribution is -0.136. The Morgan fingerprint density at radius 2 is 2.00 bits per heavy atom. The summed E-state index contributed by atoms with van der Waals surface area (Å²) in [5, 5.41) is 17.0. The van der Waals surface area contributed by atoms with E-state index < -0.39 is 5.97 Å². The van der Waals surface area contributed by atoms with Crippen LogP contribution in [0.2, 0.25) is 0 Å². The first-order valence-electron chi connectivity index (χ1n) is 8.93. The number of anilines is 2. The number of amides is 1. The van der Waals surface area contributed by atoms with Gasteiger partial charge in [0.2, 0.25) is 0 Å². The average molecular weight is 416 g/mol. The third-order valence-corrected chi connectivity index (χ3v) is 5.87. The number of thiazole rings is 1. The maximum Gasteiger partial charge on any atom is 0.309 e. The van der Waals surface area contributed by atoms with Crippen LogP contribution in [0.15, 0.2) is 41.8 Å². The molecule has 3 aromatic rings. The zero-order valence-corrected chi connectivity index (χ0v) is 17.0. The molecular weight excluding hydrogens is 394 g/mol. The first-order chi connectivity index (χ1) is 13.5. The Hall–Kier alpha value is -2.71. The molecule has 2 heterocycles. The molecule has 3 rings (SSSR count). The second-order valence-corrected chi connectivity index (χ2v) is 8.22. The largest absolute Gasteiger partial charge is 0.481 e. The van der Waals surface area contributed by atoms with Gasteiger partial charge in [-0.05, 0) is 30.2 Å². The van der Waals surface area contributed by atoms with Crippen LogP contribution in [-0.4, -0.2) is 22.0 Å². The van der Waals surface area contributed by atoms with Gasteiger partial charge in [0.05, 0.1) is 17.0 Å². The van der Waals surface area contributed by atoms with Crippen LogP contribution < -0.4 is 10.6 Å². The van der Waals surface area contributed by atoms with Gasteiger partial charge in [0.1, 0.15) is 0 Å². The fourth-order valence-electron chi connectivity index (χ4n) is 2.72. The van der Waals surface area contributed by atoms with Crippen LogP contribution in [0.3, 0.4) is 0 Å². The molecule has 146 valence electrons. The number of nitrogens with zero attached hydrogens (tertiary/aromatic N) is 1. The van der Waals surface area contributed by atoms with Crippen molar-refractivity contribution in [3.05, 3.63) is 62.8 Å². The van der Waals surface area contributed by atoms with Gasteiger partial charge < -0.3 is 10.4 Å². The van der Waals surface area contributed by atoms with Crippen LogP contribution in [0.5, 0.6) is 0 Å². The Morgan fingerprint density at radius 1 is 1.18 bits per heavy atom. The van der Waals surface area contributed by atoms with Crippen molar-refractivity contribution in [2.75, 3.05) is 10.6 Å². The number of thiophene rings is 1. The number of carbonyl (C=O) groups excluding carboxylic acids is 1. The van der Waals surface area contributed by atoms with Gasteiger partial charge in [-0.25, -0.2) is 4.98 Å². The second-order valence-electron chi connectivity index (χ2n) is 6.20. The number of para-hydroxylation sites is 1. The minimum atomic E-state index is -0.945. The number of rotatable bonds is 9. The molecule has 0 aliphatic rings. The number of hydrogen-bond acceptors (Lipinski definition) is 6. The Balaban J connectivity index is 1.58. The van der Waals surface area contributed by atoms with Gasteiger partial charge in [-0.3, -0.25) is 14.9 Å². The van der Waals surface area contributed by atoms with E-state index in [2.05, 4.69) is 34.7 Å². The third-order valence-electron chi connectivity index (χ3n) is 3.98. The fourth-order valence-corrected chi connectivity index (χ4v) is 4.26. The molecule has 0 atom stereocenters. The highest BCUT2D eigenvalue weighted by Crippen LogP contribution is 2.23. The smallest absolute Gasteiger partial charge is 0.309 e. The molecule has 6 nitrogen and oxygen atoms in total. The van der Waals surface area contributed by atoms with Gasteiger partial charge in [0.15, 0.2) is 5.13 Å². The van der Waals surface area contributed by atoms with Crippen molar-refractivity contribution in [1.82, 2.24) is 4.98 Å². The maximum absolute atomic E-state index is 12.4. The molecule has 2 aromatic heterocycles. The van der Waals surface area contributed by atoms with E-state index in [0.29, 0.717) is 22.2 Å². The van der Waals surface area contributed by atoms with Gasteiger partial charge in [0, 0.05) is 22.5 Å². The molecule has 3 N–H and O–H groups in total. The van der Waals surface area contributed by atoms with Crippen molar-refractivity contribution in [2.45, 2.75) is 32.7 Å². The highest BCUT2D eigenvalue weighted by atomic mass is 32.1. The molecule has 0 fully saturated rings. The second kappa shape index (κ2) is 9.48. The normalized spacial score (nSPS) is 10.6. The molecule has 1 amide bonds. The first-order valence-corrected chi connectivity index (χ1v) is 10.6. The predicted octanol–water partition coefficient (Wildman–Crippen LogP) is 4.65. The van der Waals surface area contributed by atoms with Crippen LogP contribution >= 0.6 is 22.7 Å². The van der Waals surface area contributed by atoms with E-state index in [4.69, 9.17) is 5.11 Å². The predicted molar refractivity (Wildman–Crippen MR) is 113 cm³/mol. The number of aliphatic carboxylic acids is 1. The average Bonchev–Trinajstić information content (AvgIpc) is 3.30. The topological polar surface area (TPSA) is 91.3 Å². The van der Waals surface area contributed by atoms with E-state index in [0.717, 1.165) is 23.4 Å². The van der Waals surface area contributed by atoms with E-state index in [1.165, 1.54) is 28.2 Å². The highest BCUT2D eigenvalue weighted by molar-refractivity contribution is 7.15. The molecule has 0 bridgehead atoms. The van der Waals surface area contributed by atoms with Gasteiger partial charge >= 0.3 is 5.97 Å². The Morgan fingerprint density at radius 3 is 2.79 bits per heavy atom. The number of hydrogen-bond donors (Lipinski definition) is 3. The lowest BCUT2D eigenvalue weighted by Crippen LogP contribution is -2.10. The van der Waals surface area contributed by atoms with Gasteiger partial charge in [0.25, 0.3) is 5.91 Å². The molecular formula is C20H21N3O3S2. The summed E-state index contributed by atoms with van der Waals surface area (Å²) in [6.07, 6.45) is 1.96. The van der Waals surface area contributed by atoms with Crippen LogP contribution in [-0.2, 0) is 24.2 Å². The Kier molecular flexibility index (Phi) is 6.78. The van der Waals surface area contributed by atoms with E-state index in [-0.39, 0.29) is 12.3 Å². The standard InChI is InChI=1S/C20H21N3O3S2/c1-2-5-13-6-3-4-7-16(13)21-11-15-8-9-17(28-15)19(26)23-20-22-14(12-27-20)10-18(24)25/h3-4,6-9,12,21H,2,5,10-11H2,1H3,(H,24,25)(H,22,23,26). The van der Waals surface area contributed by atoms with Crippen LogP contribution in [0.4, 0.5) is 10.8 Å². The number of benzene rings is 1. The molecule has 0 radical (unpaired) electrons. The van der Waals surface area contributed by atoms with Crippen molar-refractivity contribution < 1.29 is 14.7 Å². The minimum absolute atomic E-state index is 0.152. The number of carbonyl (C=O) groups is 2. The molecule has 8 heteroatoms. The van der Waals surface area contributed by atoms with Crippen molar-refractivity contribution >= 4 is 45.4 Å². The summed E-state index contributed by atoms with van der Waals surface area (Å²) in [7, 11) is 0. The number of aromatic nitrogens is 1. The summed E-state index contributed by atoms with van der Waals surface area (Å²) >= 11 is 2.65. The molecule has 1 aromatic carbocycles. The molecule has 0 aliphatic carbocycles. The molecule has 28 heavy (non-hydrogen) atoms. The minimum Gasteiger partial charge on any atom is -0.481 e. The first kappa shape index (κ1) is 20.0. The molecule has 0 unspecified atom stereocenters. The monoisotopic (exact) mass is 415 g/mol. The van der Waals surface area contributed by atoms with Crippen molar-refractivity contribution in [3.8, 4) is 0 Å². The zero-order valence-electron chi connectivity index (χ0n) is 15.4. The van der Waals surface area contributed by atoms with Crippen LogP contribution in [0.1, 0.15) is 39.2 Å². The van der Waals surface area contributed by atoms with E-state index in [9.17, 15) is 9.59 Å². The van der Waals surface area contributed by atoms with Gasteiger partial charge in [-0.1, -0.05) is 31.5 Å². The number of aryl methyl sites for hydroxylation is 1. The quantitative estimate of drug-likeness (QED) is 0.473. The molecule has 0 spiro atoms. The number of carboxylic acid groups (broad SMARTS) is 1. The SMILES string of the molecule is CCCc1ccccc1NCc1ccc(C(=O)Nc2nc(CC(=O)O)cs2)s1. The van der Waals surface area contributed by atoms with Crippen LogP contribution in [0.25, 0.3) is 0 Å². The number of nitrogens with one attached hydrogen (secondary N) is 2. The lowest BCUT2D eigenvalue weighted by atomic mass is 10.1. The van der Waals surface area contributed by atoms with Gasteiger partial charge in [-0.2, -0.15) is 0 Å². The van der Waals surface area contributed by atoms with E-state index >= 15 is 0 Å². The Labute approximate surface area is 171 Å². The fraction of sp³-hybridized carbons (Fsp3) is 0.250. The molecule has 0 saturated heterocycles. The third kappa shape index (κ3) is 5.40. The summed E-state index contributed by atoms with van der Waals surface area (Å²) in [5.74, 6) is -1.18. The van der Waals surface area contributed by atoms with E-state index in [1.54, 1.807) is 11.4 Å². The van der Waals surface area contributed by atoms with Crippen LogP contribution in [0, 0.1) is 0 Å². The van der Waals surface area contributed by atoms with Crippen molar-refractivity contribution in [3.63, 3.8) is 0 Å². The maximum atomic E-state index is 12.4. The summed E-state index contributed by atoms with van der Waals surface area (Å²) < 4.78 is 0. The summed E-state index contributed by atoms with van der Waals surface area (Å²) in [5.41, 5.74) is 2.85. The van der Waals surface area contributed by atoms with E-state index in [1.807, 2.05) is 18.2 Å². The summed E-state index contributed by atoms with van der Waals surface area (Å²) in [6, 6.07) is 12.0. The molecule has 0 aliphatic heterocycles. The van der Waals surface area contributed by atoms with Crippen molar-refractivity contribution in [2.24, 2.45) is 0 Å². The lowest BCUT2D eigenvalue weighted by Gasteiger charge is -2.10. The summed E-state index contributed by atoms with van der Waals surface area (Å²) in [6.45, 7) is 2.81.